The van der Waals surface area contributed by atoms with Gasteiger partial charge < -0.3 is 16.2 Å². The summed E-state index contributed by atoms with van der Waals surface area (Å²) < 4.78 is 0.918. The van der Waals surface area contributed by atoms with Gasteiger partial charge in [0.2, 0.25) is 0 Å². The second-order valence-electron chi connectivity index (χ2n) is 5.81. The van der Waals surface area contributed by atoms with Gasteiger partial charge in [0.1, 0.15) is 0 Å². The van der Waals surface area contributed by atoms with Crippen LogP contribution in [0, 0.1) is 0 Å². The molecule has 126 valence electrons. The first-order chi connectivity index (χ1) is 11.5. The van der Waals surface area contributed by atoms with E-state index in [0.717, 1.165) is 23.3 Å². The summed E-state index contributed by atoms with van der Waals surface area (Å²) in [6.45, 7) is 0. The highest BCUT2D eigenvalue weighted by molar-refractivity contribution is 6.17. The Balaban J connectivity index is 2.13. The van der Waals surface area contributed by atoms with Crippen LogP contribution >= 0.6 is 11.8 Å². The van der Waals surface area contributed by atoms with Crippen LogP contribution in [0.2, 0.25) is 0 Å². The summed E-state index contributed by atoms with van der Waals surface area (Å²) in [5, 5.41) is 12.2. The molecule has 2 aromatic rings. The van der Waals surface area contributed by atoms with E-state index in [9.17, 15) is 9.59 Å². The molecule has 1 fully saturated rings. The van der Waals surface area contributed by atoms with Gasteiger partial charge in [0.05, 0.1) is 17.8 Å². The Morgan fingerprint density at radius 3 is 2.79 bits per heavy atom. The third-order valence-corrected chi connectivity index (χ3v) is 4.34. The van der Waals surface area contributed by atoms with Gasteiger partial charge in [-0.05, 0) is 31.4 Å². The Labute approximate surface area is 143 Å². The van der Waals surface area contributed by atoms with Crippen LogP contribution in [-0.2, 0) is 11.2 Å². The van der Waals surface area contributed by atoms with Gasteiger partial charge in [-0.1, -0.05) is 12.1 Å². The predicted molar refractivity (Wildman–Crippen MR) is 92.2 cm³/mol. The highest BCUT2D eigenvalue weighted by atomic mass is 35.5. The lowest BCUT2D eigenvalue weighted by atomic mass is 9.93. The van der Waals surface area contributed by atoms with E-state index in [1.54, 1.807) is 24.3 Å². The Hall–Kier alpha value is -2.54. The van der Waals surface area contributed by atoms with Crippen molar-refractivity contribution in [3.63, 3.8) is 0 Å². The average Bonchev–Trinajstić information content (AvgIpc) is 2.47. The van der Waals surface area contributed by atoms with Crippen LogP contribution < -0.4 is 16.6 Å². The Bertz CT molecular complexity index is 846. The summed E-state index contributed by atoms with van der Waals surface area (Å²) in [5.41, 5.74) is 6.75. The van der Waals surface area contributed by atoms with E-state index in [4.69, 9.17) is 22.6 Å². The van der Waals surface area contributed by atoms with Crippen molar-refractivity contribution < 1.29 is 9.90 Å². The number of hydrogen-bond donors (Lipinski definition) is 3. The summed E-state index contributed by atoms with van der Waals surface area (Å²) in [5.74, 6) is -0.976. The number of hydrogen-bond acceptors (Lipinski definition) is 5. The number of nitrogens with zero attached hydrogens (tertiary/aromatic N) is 2. The maximum Gasteiger partial charge on any atom is 0.309 e. The Morgan fingerprint density at radius 2 is 2.21 bits per heavy atom. The molecule has 0 radical (unpaired) electrons. The largest absolute Gasteiger partial charge is 0.481 e. The van der Waals surface area contributed by atoms with Crippen LogP contribution in [0.1, 0.15) is 25.0 Å². The lowest BCUT2D eigenvalue weighted by Gasteiger charge is -2.27. The van der Waals surface area contributed by atoms with Gasteiger partial charge in [0, 0.05) is 29.1 Å². The minimum absolute atomic E-state index is 0.0820. The zero-order valence-corrected chi connectivity index (χ0v) is 13.6. The number of carboxylic acid groups (broad SMARTS) is 1. The van der Waals surface area contributed by atoms with E-state index in [0.29, 0.717) is 11.3 Å². The van der Waals surface area contributed by atoms with E-state index < -0.39 is 11.5 Å². The molecule has 0 amide bonds. The van der Waals surface area contributed by atoms with Crippen LogP contribution in [0.25, 0.3) is 11.3 Å². The van der Waals surface area contributed by atoms with Crippen molar-refractivity contribution in [3.05, 3.63) is 40.3 Å². The van der Waals surface area contributed by atoms with Crippen LogP contribution in [0.5, 0.6) is 0 Å². The number of nitrogen functional groups attached to an aromatic ring is 1. The van der Waals surface area contributed by atoms with Crippen LogP contribution in [0.4, 0.5) is 11.5 Å². The molecule has 7 nitrogen and oxygen atoms in total. The molecule has 0 spiro atoms. The number of aromatic nitrogens is 2. The smallest absolute Gasteiger partial charge is 0.309 e. The molecule has 0 unspecified atom stereocenters. The summed E-state index contributed by atoms with van der Waals surface area (Å²) in [6.07, 6.45) is 2.65. The average molecular weight is 349 g/mol. The SMILES string of the molecule is Nc1cccc(-c2c(CC(=O)O)nc(NC3CCC3)c(=O)n2Cl)c1. The van der Waals surface area contributed by atoms with Gasteiger partial charge in [0.25, 0.3) is 0 Å². The van der Waals surface area contributed by atoms with Gasteiger partial charge >= 0.3 is 11.5 Å². The molecule has 1 aromatic carbocycles. The molecule has 8 heteroatoms. The quantitative estimate of drug-likeness (QED) is 0.713. The van der Waals surface area contributed by atoms with E-state index in [1.807, 2.05) is 0 Å². The monoisotopic (exact) mass is 348 g/mol. The number of carboxylic acids is 1. The summed E-state index contributed by atoms with van der Waals surface area (Å²) >= 11 is 6.21. The molecule has 0 saturated heterocycles. The minimum Gasteiger partial charge on any atom is -0.481 e. The third-order valence-electron chi connectivity index (χ3n) is 4.02. The van der Waals surface area contributed by atoms with Crippen molar-refractivity contribution >= 4 is 29.3 Å². The van der Waals surface area contributed by atoms with Crippen molar-refractivity contribution in [2.24, 2.45) is 0 Å². The lowest BCUT2D eigenvalue weighted by Crippen LogP contribution is -2.33. The Morgan fingerprint density at radius 1 is 1.46 bits per heavy atom. The highest BCUT2D eigenvalue weighted by Crippen LogP contribution is 2.27. The van der Waals surface area contributed by atoms with Gasteiger partial charge in [-0.3, -0.25) is 9.59 Å². The summed E-state index contributed by atoms with van der Waals surface area (Å²) in [4.78, 5) is 27.9. The second kappa shape index (κ2) is 6.52. The highest BCUT2D eigenvalue weighted by Gasteiger charge is 2.23. The molecule has 0 aliphatic heterocycles. The number of rotatable bonds is 5. The summed E-state index contributed by atoms with van der Waals surface area (Å²) in [6, 6.07) is 6.90. The van der Waals surface area contributed by atoms with Crippen molar-refractivity contribution in [2.45, 2.75) is 31.7 Å². The fourth-order valence-electron chi connectivity index (χ4n) is 2.62. The molecule has 0 bridgehead atoms. The maximum atomic E-state index is 12.5. The zero-order chi connectivity index (χ0) is 17.3. The molecular formula is C16H17ClN4O3. The molecular weight excluding hydrogens is 332 g/mol. The van der Waals surface area contributed by atoms with Gasteiger partial charge in [-0.2, -0.15) is 0 Å². The number of nitrogens with two attached hydrogens (primary N) is 1. The number of halogens is 1. The molecule has 24 heavy (non-hydrogen) atoms. The predicted octanol–water partition coefficient (Wildman–Crippen LogP) is 2.09. The van der Waals surface area contributed by atoms with Gasteiger partial charge in [0.15, 0.2) is 5.82 Å². The van der Waals surface area contributed by atoms with Crippen molar-refractivity contribution in [1.82, 2.24) is 9.07 Å². The molecule has 1 aromatic heterocycles. The van der Waals surface area contributed by atoms with Crippen LogP contribution in [0.3, 0.4) is 0 Å². The fourth-order valence-corrected chi connectivity index (χ4v) is 2.89. The van der Waals surface area contributed by atoms with Crippen LogP contribution in [-0.4, -0.2) is 26.2 Å². The first-order valence-corrected chi connectivity index (χ1v) is 7.96. The van der Waals surface area contributed by atoms with Gasteiger partial charge in [-0.25, -0.2) is 9.07 Å². The minimum atomic E-state index is -1.06. The first kappa shape index (κ1) is 16.3. The topological polar surface area (TPSA) is 110 Å². The second-order valence-corrected chi connectivity index (χ2v) is 6.15. The number of benzene rings is 1. The Kier molecular flexibility index (Phi) is 4.44. The van der Waals surface area contributed by atoms with E-state index in [-0.39, 0.29) is 29.7 Å². The van der Waals surface area contributed by atoms with E-state index in [2.05, 4.69) is 10.3 Å². The lowest BCUT2D eigenvalue weighted by molar-refractivity contribution is -0.136. The fraction of sp³-hybridized carbons (Fsp3) is 0.312. The van der Waals surface area contributed by atoms with Crippen molar-refractivity contribution in [1.29, 1.82) is 0 Å². The molecule has 3 rings (SSSR count). The van der Waals surface area contributed by atoms with Crippen LogP contribution in [0.15, 0.2) is 29.1 Å². The number of anilines is 2. The first-order valence-electron chi connectivity index (χ1n) is 7.62. The normalized spacial score (nSPS) is 14.2. The standard InChI is InChI=1S/C16H17ClN4O3/c17-21-14(9-3-1-4-10(18)7-9)12(8-13(22)23)20-15(16(21)24)19-11-5-2-6-11/h1,3-4,7,11H,2,5-6,8,18H2,(H,19,20)(H,22,23). The van der Waals surface area contributed by atoms with E-state index in [1.165, 1.54) is 0 Å². The van der Waals surface area contributed by atoms with Crippen molar-refractivity contribution in [2.75, 3.05) is 11.1 Å². The maximum absolute atomic E-state index is 12.5. The third kappa shape index (κ3) is 3.21. The number of aliphatic carboxylic acids is 1. The van der Waals surface area contributed by atoms with Crippen molar-refractivity contribution in [3.8, 4) is 11.3 Å². The molecule has 1 saturated carbocycles. The number of nitrogens with one attached hydrogen (secondary N) is 1. The van der Waals surface area contributed by atoms with Gasteiger partial charge in [-0.15, -0.1) is 0 Å². The molecule has 0 atom stereocenters. The molecule has 1 aliphatic carbocycles. The number of carbonyl (C=O) groups is 1. The zero-order valence-electron chi connectivity index (χ0n) is 12.8. The molecule has 1 heterocycles. The molecule has 4 N–H and O–H groups in total. The molecule has 1 aliphatic rings. The summed E-state index contributed by atoms with van der Waals surface area (Å²) in [7, 11) is 0. The van der Waals surface area contributed by atoms with E-state index >= 15 is 0 Å².